The molecule has 0 bridgehead atoms. The Labute approximate surface area is 144 Å². The summed E-state index contributed by atoms with van der Waals surface area (Å²) in [7, 11) is 0. The largest absolute Gasteiger partial charge is 0.373 e. The highest BCUT2D eigenvalue weighted by atomic mass is 32.1. The third-order valence-electron chi connectivity index (χ3n) is 3.99. The van der Waals surface area contributed by atoms with Crippen molar-refractivity contribution in [3.05, 3.63) is 52.8 Å². The average molecular weight is 342 g/mol. The average Bonchev–Trinajstić information content (AvgIpc) is 3.24. The molecule has 0 N–H and O–H groups in total. The first-order valence-electron chi connectivity index (χ1n) is 7.81. The van der Waals surface area contributed by atoms with Crippen molar-refractivity contribution < 1.29 is 4.74 Å². The molecule has 0 aliphatic carbocycles. The van der Waals surface area contributed by atoms with Gasteiger partial charge in [-0.05, 0) is 13.0 Å². The molecule has 0 spiro atoms. The molecule has 3 aromatic rings. The number of anilines is 1. The predicted octanol–water partition coefficient (Wildman–Crippen LogP) is 2.22. The minimum Gasteiger partial charge on any atom is -0.373 e. The highest BCUT2D eigenvalue weighted by Gasteiger charge is 2.26. The quantitative estimate of drug-likeness (QED) is 0.708. The summed E-state index contributed by atoms with van der Waals surface area (Å²) < 4.78 is 8.10. The topological polar surface area (TPSA) is 69.0 Å². The fourth-order valence-electron chi connectivity index (χ4n) is 2.90. The highest BCUT2D eigenvalue weighted by molar-refractivity contribution is 7.09. The summed E-state index contributed by atoms with van der Waals surface area (Å²) in [6, 6.07) is 2.01. The van der Waals surface area contributed by atoms with Gasteiger partial charge in [-0.2, -0.15) is 0 Å². The van der Waals surface area contributed by atoms with Gasteiger partial charge in [0.15, 0.2) is 0 Å². The fourth-order valence-corrected chi connectivity index (χ4v) is 3.50. The smallest absolute Gasteiger partial charge is 0.225 e. The second-order valence-electron chi connectivity index (χ2n) is 5.75. The van der Waals surface area contributed by atoms with Crippen molar-refractivity contribution >= 4 is 17.3 Å². The summed E-state index contributed by atoms with van der Waals surface area (Å²) in [5.74, 6) is 0.741. The zero-order valence-corrected chi connectivity index (χ0v) is 14.2. The molecule has 4 rings (SSSR count). The molecule has 4 heterocycles. The van der Waals surface area contributed by atoms with Crippen LogP contribution in [0.3, 0.4) is 0 Å². The van der Waals surface area contributed by atoms with Crippen LogP contribution in [-0.4, -0.2) is 37.7 Å². The Bertz CT molecular complexity index is 802. The van der Waals surface area contributed by atoms with Crippen molar-refractivity contribution in [2.24, 2.45) is 0 Å². The van der Waals surface area contributed by atoms with Crippen LogP contribution in [-0.2, 0) is 17.9 Å². The SMILES string of the molecule is Cc1nc(COC[C@@H]2CN(c3ncccn3)Cc3cncn32)cs1. The third kappa shape index (κ3) is 3.15. The van der Waals surface area contributed by atoms with Gasteiger partial charge >= 0.3 is 0 Å². The van der Waals surface area contributed by atoms with Crippen molar-refractivity contribution in [1.29, 1.82) is 0 Å². The Hall–Kier alpha value is -2.32. The maximum Gasteiger partial charge on any atom is 0.225 e. The third-order valence-corrected chi connectivity index (χ3v) is 4.81. The summed E-state index contributed by atoms with van der Waals surface area (Å²) in [6.45, 7) is 4.69. The molecule has 124 valence electrons. The van der Waals surface area contributed by atoms with Crippen molar-refractivity contribution in [2.45, 2.75) is 26.1 Å². The van der Waals surface area contributed by atoms with Crippen LogP contribution in [0.4, 0.5) is 5.95 Å². The van der Waals surface area contributed by atoms with Crippen LogP contribution in [0, 0.1) is 6.92 Å². The second-order valence-corrected chi connectivity index (χ2v) is 6.81. The van der Waals surface area contributed by atoms with Gasteiger partial charge in [-0.25, -0.2) is 19.9 Å². The minimum atomic E-state index is 0.180. The molecule has 1 atom stereocenters. The maximum absolute atomic E-state index is 5.91. The number of nitrogens with zero attached hydrogens (tertiary/aromatic N) is 6. The zero-order valence-electron chi connectivity index (χ0n) is 13.4. The van der Waals surface area contributed by atoms with E-state index in [9.17, 15) is 0 Å². The summed E-state index contributed by atoms with van der Waals surface area (Å²) in [4.78, 5) is 19.6. The van der Waals surface area contributed by atoms with E-state index in [2.05, 4.69) is 29.4 Å². The molecule has 0 radical (unpaired) electrons. The Morgan fingerprint density at radius 3 is 3.00 bits per heavy atom. The van der Waals surface area contributed by atoms with Crippen LogP contribution in [0.15, 0.2) is 36.4 Å². The lowest BCUT2D eigenvalue weighted by molar-refractivity contribution is 0.0860. The molecular formula is C16H18N6OS. The first kappa shape index (κ1) is 15.2. The first-order valence-corrected chi connectivity index (χ1v) is 8.69. The van der Waals surface area contributed by atoms with Crippen molar-refractivity contribution in [1.82, 2.24) is 24.5 Å². The first-order chi connectivity index (χ1) is 11.8. The minimum absolute atomic E-state index is 0.180. The second kappa shape index (κ2) is 6.66. The van der Waals surface area contributed by atoms with E-state index in [0.29, 0.717) is 13.2 Å². The number of hydrogen-bond donors (Lipinski definition) is 0. The molecule has 1 aliphatic rings. The van der Waals surface area contributed by atoms with E-state index >= 15 is 0 Å². The van der Waals surface area contributed by atoms with E-state index in [1.54, 1.807) is 23.7 Å². The molecule has 0 unspecified atom stereocenters. The van der Waals surface area contributed by atoms with Gasteiger partial charge in [0.25, 0.3) is 0 Å². The van der Waals surface area contributed by atoms with Crippen LogP contribution >= 0.6 is 11.3 Å². The van der Waals surface area contributed by atoms with Crippen LogP contribution in [0.5, 0.6) is 0 Å². The van der Waals surface area contributed by atoms with Crippen LogP contribution < -0.4 is 4.90 Å². The van der Waals surface area contributed by atoms with E-state index in [1.165, 1.54) is 0 Å². The van der Waals surface area contributed by atoms with Gasteiger partial charge in [0.1, 0.15) is 0 Å². The van der Waals surface area contributed by atoms with Crippen LogP contribution in [0.1, 0.15) is 22.4 Å². The number of hydrogen-bond acceptors (Lipinski definition) is 7. The van der Waals surface area contributed by atoms with Crippen LogP contribution in [0.25, 0.3) is 0 Å². The van der Waals surface area contributed by atoms with E-state index in [4.69, 9.17) is 4.74 Å². The van der Waals surface area contributed by atoms with Crippen LogP contribution in [0.2, 0.25) is 0 Å². The number of ether oxygens (including phenoxy) is 1. The highest BCUT2D eigenvalue weighted by Crippen LogP contribution is 2.24. The summed E-state index contributed by atoms with van der Waals surface area (Å²) in [5, 5.41) is 3.11. The molecule has 0 fully saturated rings. The van der Waals surface area contributed by atoms with Crippen molar-refractivity contribution in [2.75, 3.05) is 18.1 Å². The van der Waals surface area contributed by atoms with Gasteiger partial charge < -0.3 is 14.2 Å². The van der Waals surface area contributed by atoms with E-state index in [0.717, 1.165) is 35.4 Å². The van der Waals surface area contributed by atoms with Gasteiger partial charge in [0.2, 0.25) is 5.95 Å². The van der Waals surface area contributed by atoms with E-state index in [1.807, 2.05) is 30.9 Å². The Balaban J connectivity index is 1.45. The summed E-state index contributed by atoms with van der Waals surface area (Å²) in [6.07, 6.45) is 7.31. The Morgan fingerprint density at radius 2 is 2.21 bits per heavy atom. The number of thiazole rings is 1. The zero-order chi connectivity index (χ0) is 16.4. The Kier molecular flexibility index (Phi) is 4.22. The summed E-state index contributed by atoms with van der Waals surface area (Å²) in [5.41, 5.74) is 2.13. The number of imidazole rings is 1. The van der Waals surface area contributed by atoms with Gasteiger partial charge in [-0.3, -0.25) is 0 Å². The number of fused-ring (bicyclic) bond motifs is 1. The molecule has 1 aliphatic heterocycles. The fraction of sp³-hybridized carbons (Fsp3) is 0.375. The molecule has 0 saturated carbocycles. The van der Waals surface area contributed by atoms with Gasteiger partial charge in [-0.15, -0.1) is 11.3 Å². The molecular weight excluding hydrogens is 324 g/mol. The molecule has 3 aromatic heterocycles. The molecule has 7 nitrogen and oxygen atoms in total. The molecule has 8 heteroatoms. The lowest BCUT2D eigenvalue weighted by Gasteiger charge is -2.34. The molecule has 0 saturated heterocycles. The summed E-state index contributed by atoms with van der Waals surface area (Å²) >= 11 is 1.65. The van der Waals surface area contributed by atoms with Gasteiger partial charge in [0.05, 0.1) is 48.5 Å². The number of aryl methyl sites for hydroxylation is 1. The monoisotopic (exact) mass is 342 g/mol. The van der Waals surface area contributed by atoms with E-state index in [-0.39, 0.29) is 6.04 Å². The van der Waals surface area contributed by atoms with Crippen molar-refractivity contribution in [3.63, 3.8) is 0 Å². The van der Waals surface area contributed by atoms with E-state index < -0.39 is 0 Å². The molecule has 24 heavy (non-hydrogen) atoms. The Morgan fingerprint density at radius 1 is 1.33 bits per heavy atom. The molecule has 0 amide bonds. The number of aromatic nitrogens is 5. The van der Waals surface area contributed by atoms with Gasteiger partial charge in [-0.1, -0.05) is 0 Å². The number of rotatable bonds is 5. The standard InChI is InChI=1S/C16H18N6OS/c1-12-20-13(10-24-12)8-23-9-15-7-21(16-18-3-2-4-19-16)6-14-5-17-11-22(14)15/h2-5,10-11,15H,6-9H2,1H3/t15-/m0/s1. The maximum atomic E-state index is 5.91. The van der Waals surface area contributed by atoms with Gasteiger partial charge in [0, 0.05) is 30.5 Å². The predicted molar refractivity (Wildman–Crippen MR) is 90.9 cm³/mol. The lowest BCUT2D eigenvalue weighted by Crippen LogP contribution is -2.39. The lowest BCUT2D eigenvalue weighted by atomic mass is 10.2. The van der Waals surface area contributed by atoms with Crippen molar-refractivity contribution in [3.8, 4) is 0 Å². The molecule has 0 aromatic carbocycles. The normalized spacial score (nSPS) is 17.0.